The summed E-state index contributed by atoms with van der Waals surface area (Å²) in [6.45, 7) is 2.62. The Morgan fingerprint density at radius 1 is 1.50 bits per heavy atom. The van der Waals surface area contributed by atoms with Crippen LogP contribution in [0.25, 0.3) is 0 Å². The van der Waals surface area contributed by atoms with Gasteiger partial charge in [0, 0.05) is 37.9 Å². The van der Waals surface area contributed by atoms with E-state index in [0.29, 0.717) is 19.0 Å². The van der Waals surface area contributed by atoms with Gasteiger partial charge in [-0.15, -0.1) is 24.8 Å². The van der Waals surface area contributed by atoms with Crippen molar-refractivity contribution in [2.24, 2.45) is 0 Å². The molecule has 1 aliphatic rings. The van der Waals surface area contributed by atoms with E-state index in [2.05, 4.69) is 15.7 Å². The summed E-state index contributed by atoms with van der Waals surface area (Å²) in [6.07, 6.45) is 6.32. The van der Waals surface area contributed by atoms with Gasteiger partial charge < -0.3 is 10.6 Å². The molecule has 0 unspecified atom stereocenters. The molecule has 5 nitrogen and oxygen atoms in total. The zero-order valence-electron chi connectivity index (χ0n) is 10.2. The second-order valence-corrected chi connectivity index (χ2v) is 4.13. The van der Waals surface area contributed by atoms with Crippen LogP contribution in [0.2, 0.25) is 0 Å². The van der Waals surface area contributed by atoms with Gasteiger partial charge in [-0.05, 0) is 25.5 Å². The molecule has 1 atom stereocenters. The second-order valence-electron chi connectivity index (χ2n) is 4.13. The third-order valence-corrected chi connectivity index (χ3v) is 2.79. The van der Waals surface area contributed by atoms with Crippen molar-refractivity contribution in [3.05, 3.63) is 18.5 Å². The standard InChI is InChI=1S/C11H18N4O.2ClH/c16-11(4-8-15-7-2-6-13-15)14-10-3-1-5-12-9-10;;/h2,6-7,10,12H,1,3-5,8-9H2,(H,14,16);2*1H/t10-;;/m1../s1. The van der Waals surface area contributed by atoms with Gasteiger partial charge in [0.2, 0.25) is 5.91 Å². The predicted octanol–water partition coefficient (Wildman–Crippen LogP) is 0.985. The molecule has 1 saturated heterocycles. The van der Waals surface area contributed by atoms with E-state index in [1.54, 1.807) is 10.9 Å². The van der Waals surface area contributed by atoms with Crippen LogP contribution in [0.4, 0.5) is 0 Å². The van der Waals surface area contributed by atoms with Gasteiger partial charge in [0.25, 0.3) is 0 Å². The summed E-state index contributed by atoms with van der Waals surface area (Å²) in [7, 11) is 0. The van der Waals surface area contributed by atoms with Crippen molar-refractivity contribution in [2.75, 3.05) is 13.1 Å². The third-order valence-electron chi connectivity index (χ3n) is 2.79. The lowest BCUT2D eigenvalue weighted by Crippen LogP contribution is -2.45. The number of halogens is 2. The fraction of sp³-hybridized carbons (Fsp3) is 0.636. The maximum Gasteiger partial charge on any atom is 0.222 e. The molecule has 0 spiro atoms. The fourth-order valence-electron chi connectivity index (χ4n) is 1.92. The number of aryl methyl sites for hydroxylation is 1. The summed E-state index contributed by atoms with van der Waals surface area (Å²) in [4.78, 5) is 11.6. The maximum absolute atomic E-state index is 11.6. The number of rotatable bonds is 4. The van der Waals surface area contributed by atoms with Crippen LogP contribution in [0.15, 0.2) is 18.5 Å². The minimum Gasteiger partial charge on any atom is -0.352 e. The molecule has 1 aromatic heterocycles. The minimum atomic E-state index is 0. The van der Waals surface area contributed by atoms with Gasteiger partial charge in [0.1, 0.15) is 0 Å². The maximum atomic E-state index is 11.6. The number of carbonyl (C=O) groups is 1. The third kappa shape index (κ3) is 5.71. The zero-order valence-corrected chi connectivity index (χ0v) is 11.8. The number of aromatic nitrogens is 2. The summed E-state index contributed by atoms with van der Waals surface area (Å²) in [6, 6.07) is 2.17. The van der Waals surface area contributed by atoms with Gasteiger partial charge in [-0.25, -0.2) is 0 Å². The summed E-state index contributed by atoms with van der Waals surface area (Å²) < 4.78 is 1.78. The van der Waals surface area contributed by atoms with Crippen molar-refractivity contribution in [1.29, 1.82) is 0 Å². The Hall–Kier alpha value is -0.780. The number of hydrogen-bond acceptors (Lipinski definition) is 3. The minimum absolute atomic E-state index is 0. The number of hydrogen-bond donors (Lipinski definition) is 2. The Labute approximate surface area is 120 Å². The second kappa shape index (κ2) is 9.19. The predicted molar refractivity (Wildman–Crippen MR) is 75.4 cm³/mol. The van der Waals surface area contributed by atoms with Crippen molar-refractivity contribution < 1.29 is 4.79 Å². The Morgan fingerprint density at radius 2 is 2.33 bits per heavy atom. The summed E-state index contributed by atoms with van der Waals surface area (Å²) >= 11 is 0. The first-order valence-corrected chi connectivity index (χ1v) is 5.82. The van der Waals surface area contributed by atoms with Gasteiger partial charge in [-0.2, -0.15) is 5.10 Å². The van der Waals surface area contributed by atoms with E-state index in [0.717, 1.165) is 25.9 Å². The average Bonchev–Trinajstić information content (AvgIpc) is 2.81. The largest absolute Gasteiger partial charge is 0.352 e. The van der Waals surface area contributed by atoms with Crippen molar-refractivity contribution in [3.8, 4) is 0 Å². The first-order valence-electron chi connectivity index (χ1n) is 5.82. The molecule has 104 valence electrons. The molecule has 2 rings (SSSR count). The Bertz CT molecular complexity index is 326. The molecule has 1 aromatic rings. The number of nitrogens with zero attached hydrogens (tertiary/aromatic N) is 2. The van der Waals surface area contributed by atoms with E-state index in [1.807, 2.05) is 12.3 Å². The van der Waals surface area contributed by atoms with Gasteiger partial charge in [-0.3, -0.25) is 9.48 Å². The van der Waals surface area contributed by atoms with Crippen LogP contribution < -0.4 is 10.6 Å². The first-order chi connectivity index (χ1) is 7.84. The van der Waals surface area contributed by atoms with Crippen LogP contribution in [-0.2, 0) is 11.3 Å². The number of piperidine rings is 1. The summed E-state index contributed by atoms with van der Waals surface area (Å²) in [5.74, 6) is 0.115. The first kappa shape index (κ1) is 17.2. The van der Waals surface area contributed by atoms with Crippen molar-refractivity contribution in [2.45, 2.75) is 31.8 Å². The van der Waals surface area contributed by atoms with Gasteiger partial charge in [0.05, 0.1) is 0 Å². The monoisotopic (exact) mass is 294 g/mol. The summed E-state index contributed by atoms with van der Waals surface area (Å²) in [5, 5.41) is 10.4. The lowest BCUT2D eigenvalue weighted by molar-refractivity contribution is -0.122. The Balaban J connectivity index is 0.00000144. The fourth-order valence-corrected chi connectivity index (χ4v) is 1.92. The average molecular weight is 295 g/mol. The molecular formula is C11H20Cl2N4O. The van der Waals surface area contributed by atoms with Gasteiger partial charge in [0.15, 0.2) is 0 Å². The molecule has 0 radical (unpaired) electrons. The molecule has 0 bridgehead atoms. The van der Waals surface area contributed by atoms with Crippen LogP contribution >= 0.6 is 24.8 Å². The molecule has 18 heavy (non-hydrogen) atoms. The molecule has 2 heterocycles. The van der Waals surface area contributed by atoms with E-state index in [9.17, 15) is 4.79 Å². The number of nitrogens with one attached hydrogen (secondary N) is 2. The molecular weight excluding hydrogens is 275 g/mol. The molecule has 1 fully saturated rings. The normalized spacial score (nSPS) is 18.3. The summed E-state index contributed by atoms with van der Waals surface area (Å²) in [5.41, 5.74) is 0. The molecule has 0 saturated carbocycles. The highest BCUT2D eigenvalue weighted by atomic mass is 35.5. The van der Waals surface area contributed by atoms with E-state index in [-0.39, 0.29) is 30.7 Å². The van der Waals surface area contributed by atoms with Crippen molar-refractivity contribution in [3.63, 3.8) is 0 Å². The van der Waals surface area contributed by atoms with Gasteiger partial charge >= 0.3 is 0 Å². The lowest BCUT2D eigenvalue weighted by Gasteiger charge is -2.23. The van der Waals surface area contributed by atoms with Crippen LogP contribution in [0.5, 0.6) is 0 Å². The quantitative estimate of drug-likeness (QED) is 0.871. The van der Waals surface area contributed by atoms with Crippen LogP contribution in [0, 0.1) is 0 Å². The molecule has 2 N–H and O–H groups in total. The van der Waals surface area contributed by atoms with E-state index < -0.39 is 0 Å². The van der Waals surface area contributed by atoms with Crippen molar-refractivity contribution in [1.82, 2.24) is 20.4 Å². The highest BCUT2D eigenvalue weighted by Crippen LogP contribution is 2.01. The van der Waals surface area contributed by atoms with Crippen molar-refractivity contribution >= 4 is 30.7 Å². The Morgan fingerprint density at radius 3 is 2.94 bits per heavy atom. The highest BCUT2D eigenvalue weighted by Gasteiger charge is 2.14. The van der Waals surface area contributed by atoms with Crippen LogP contribution in [0.3, 0.4) is 0 Å². The SMILES string of the molecule is Cl.Cl.O=C(CCn1cccn1)N[C@@H]1CCCNC1. The molecule has 1 aliphatic heterocycles. The Kier molecular flexibility index (Phi) is 8.79. The smallest absolute Gasteiger partial charge is 0.222 e. The van der Waals surface area contributed by atoms with Gasteiger partial charge in [-0.1, -0.05) is 0 Å². The lowest BCUT2D eigenvalue weighted by atomic mass is 10.1. The highest BCUT2D eigenvalue weighted by molar-refractivity contribution is 5.85. The van der Waals surface area contributed by atoms with E-state index in [1.165, 1.54) is 0 Å². The molecule has 1 amide bonds. The number of amides is 1. The van der Waals surface area contributed by atoms with E-state index >= 15 is 0 Å². The number of carbonyl (C=O) groups excluding carboxylic acids is 1. The molecule has 7 heteroatoms. The van der Waals surface area contributed by atoms with Crippen LogP contribution in [0.1, 0.15) is 19.3 Å². The zero-order chi connectivity index (χ0) is 11.2. The molecule has 0 aromatic carbocycles. The topological polar surface area (TPSA) is 59.0 Å². The van der Waals surface area contributed by atoms with E-state index in [4.69, 9.17) is 0 Å². The van der Waals surface area contributed by atoms with Crippen LogP contribution in [-0.4, -0.2) is 34.8 Å². The molecule has 0 aliphatic carbocycles.